The van der Waals surface area contributed by atoms with Crippen molar-refractivity contribution in [1.82, 2.24) is 15.5 Å². The Hall–Kier alpha value is -1.59. The van der Waals surface area contributed by atoms with Crippen LogP contribution in [0.15, 0.2) is 24.3 Å². The second-order valence-corrected chi connectivity index (χ2v) is 5.84. The minimum Gasteiger partial charge on any atom is -0.344 e. The summed E-state index contributed by atoms with van der Waals surface area (Å²) >= 11 is 6.27. The van der Waals surface area contributed by atoms with E-state index in [2.05, 4.69) is 10.6 Å². The van der Waals surface area contributed by atoms with Gasteiger partial charge in [0, 0.05) is 31.1 Å². The minimum atomic E-state index is -0.388. The average Bonchev–Trinajstić information content (AvgIpc) is 2.94. The molecule has 112 valence electrons. The van der Waals surface area contributed by atoms with Crippen LogP contribution in [-0.4, -0.2) is 42.4 Å². The molecule has 21 heavy (non-hydrogen) atoms. The Morgan fingerprint density at radius 1 is 1.33 bits per heavy atom. The van der Waals surface area contributed by atoms with Gasteiger partial charge >= 0.3 is 0 Å². The van der Waals surface area contributed by atoms with Gasteiger partial charge in [-0.15, -0.1) is 0 Å². The Bertz CT molecular complexity index is 564. The third-order valence-electron chi connectivity index (χ3n) is 4.08. The number of amides is 2. The average molecular weight is 308 g/mol. The van der Waals surface area contributed by atoms with E-state index in [9.17, 15) is 9.59 Å². The molecule has 6 heteroatoms. The van der Waals surface area contributed by atoms with Crippen molar-refractivity contribution in [2.45, 2.75) is 24.9 Å². The highest BCUT2D eigenvalue weighted by Crippen LogP contribution is 2.29. The maximum atomic E-state index is 12.7. The van der Waals surface area contributed by atoms with Gasteiger partial charge in [-0.3, -0.25) is 9.59 Å². The number of hydrogen-bond acceptors (Lipinski definition) is 3. The zero-order valence-corrected chi connectivity index (χ0v) is 12.4. The largest absolute Gasteiger partial charge is 0.344 e. The standard InChI is InChI=1S/C15H18ClN3O2/c16-11-4-2-1-3-10(11)13-9-17-7-8-19(13)15(21)12-5-6-14(20)18-12/h1-4,12-13,17H,5-9H2,(H,18,20). The van der Waals surface area contributed by atoms with Crippen LogP contribution < -0.4 is 10.6 Å². The summed E-state index contributed by atoms with van der Waals surface area (Å²) in [7, 11) is 0. The van der Waals surface area contributed by atoms with Crippen LogP contribution in [0.4, 0.5) is 0 Å². The van der Waals surface area contributed by atoms with Crippen LogP contribution in [0.25, 0.3) is 0 Å². The van der Waals surface area contributed by atoms with Crippen LogP contribution in [0, 0.1) is 0 Å². The van der Waals surface area contributed by atoms with E-state index < -0.39 is 0 Å². The normalized spacial score (nSPS) is 25.8. The lowest BCUT2D eigenvalue weighted by Gasteiger charge is -2.38. The number of carbonyl (C=O) groups is 2. The second kappa shape index (κ2) is 6.03. The molecule has 5 nitrogen and oxygen atoms in total. The second-order valence-electron chi connectivity index (χ2n) is 5.43. The summed E-state index contributed by atoms with van der Waals surface area (Å²) < 4.78 is 0. The summed E-state index contributed by atoms with van der Waals surface area (Å²) in [6, 6.07) is 7.12. The van der Waals surface area contributed by atoms with Crippen LogP contribution >= 0.6 is 11.6 Å². The van der Waals surface area contributed by atoms with Crippen LogP contribution in [0.1, 0.15) is 24.4 Å². The number of rotatable bonds is 2. The van der Waals surface area contributed by atoms with Gasteiger partial charge in [-0.25, -0.2) is 0 Å². The molecule has 2 unspecified atom stereocenters. The summed E-state index contributed by atoms with van der Waals surface area (Å²) in [5.41, 5.74) is 0.948. The molecule has 1 aromatic carbocycles. The van der Waals surface area contributed by atoms with E-state index in [1.54, 1.807) is 0 Å². The Morgan fingerprint density at radius 2 is 2.14 bits per heavy atom. The number of halogens is 1. The molecular weight excluding hydrogens is 290 g/mol. The number of carbonyl (C=O) groups excluding carboxylic acids is 2. The molecule has 0 bridgehead atoms. The zero-order valence-electron chi connectivity index (χ0n) is 11.6. The fraction of sp³-hybridized carbons (Fsp3) is 0.467. The molecule has 1 aromatic rings. The van der Waals surface area contributed by atoms with Crippen molar-refractivity contribution in [2.24, 2.45) is 0 Å². The van der Waals surface area contributed by atoms with Crippen LogP contribution in [-0.2, 0) is 9.59 Å². The Kier molecular flexibility index (Phi) is 4.12. The van der Waals surface area contributed by atoms with Crippen molar-refractivity contribution in [3.05, 3.63) is 34.9 Å². The molecule has 0 aromatic heterocycles. The van der Waals surface area contributed by atoms with Crippen molar-refractivity contribution in [3.8, 4) is 0 Å². The molecule has 0 aliphatic carbocycles. The van der Waals surface area contributed by atoms with Crippen LogP contribution in [0.5, 0.6) is 0 Å². The van der Waals surface area contributed by atoms with Gasteiger partial charge in [-0.1, -0.05) is 29.8 Å². The SMILES string of the molecule is O=C1CCC(C(=O)N2CCNCC2c2ccccc2Cl)N1. The lowest BCUT2D eigenvalue weighted by Crippen LogP contribution is -2.53. The minimum absolute atomic E-state index is 0.00716. The first kappa shape index (κ1) is 14.4. The van der Waals surface area contributed by atoms with Gasteiger partial charge in [0.2, 0.25) is 11.8 Å². The van der Waals surface area contributed by atoms with Gasteiger partial charge in [0.15, 0.2) is 0 Å². The van der Waals surface area contributed by atoms with Crippen molar-refractivity contribution in [3.63, 3.8) is 0 Å². The molecule has 2 aliphatic heterocycles. The topological polar surface area (TPSA) is 61.4 Å². The quantitative estimate of drug-likeness (QED) is 0.860. The first-order valence-corrected chi connectivity index (χ1v) is 7.59. The molecule has 2 atom stereocenters. The van der Waals surface area contributed by atoms with E-state index >= 15 is 0 Å². The summed E-state index contributed by atoms with van der Waals surface area (Å²) in [6.45, 7) is 2.06. The molecule has 2 heterocycles. The van der Waals surface area contributed by atoms with Gasteiger partial charge in [-0.2, -0.15) is 0 Å². The van der Waals surface area contributed by atoms with Crippen LogP contribution in [0.2, 0.25) is 5.02 Å². The highest BCUT2D eigenvalue weighted by atomic mass is 35.5. The fourth-order valence-corrected chi connectivity index (χ4v) is 3.25. The lowest BCUT2D eigenvalue weighted by atomic mass is 10.0. The van der Waals surface area contributed by atoms with E-state index in [4.69, 9.17) is 11.6 Å². The zero-order chi connectivity index (χ0) is 14.8. The monoisotopic (exact) mass is 307 g/mol. The Morgan fingerprint density at radius 3 is 2.86 bits per heavy atom. The molecule has 2 amide bonds. The number of piperazine rings is 1. The fourth-order valence-electron chi connectivity index (χ4n) is 2.99. The van der Waals surface area contributed by atoms with E-state index in [0.717, 1.165) is 12.1 Å². The molecule has 3 rings (SSSR count). The molecule has 2 saturated heterocycles. The highest BCUT2D eigenvalue weighted by Gasteiger charge is 2.36. The van der Waals surface area contributed by atoms with E-state index in [1.807, 2.05) is 29.2 Å². The smallest absolute Gasteiger partial charge is 0.245 e. The summed E-state index contributed by atoms with van der Waals surface area (Å²) in [4.78, 5) is 25.9. The molecule has 2 N–H and O–H groups in total. The molecule has 0 spiro atoms. The van der Waals surface area contributed by atoms with Gasteiger partial charge in [0.25, 0.3) is 0 Å². The van der Waals surface area contributed by atoms with Gasteiger partial charge in [-0.05, 0) is 18.1 Å². The molecule has 0 radical (unpaired) electrons. The first-order valence-electron chi connectivity index (χ1n) is 7.22. The molecule has 2 aliphatic rings. The third kappa shape index (κ3) is 2.89. The lowest BCUT2D eigenvalue weighted by molar-refractivity contribution is -0.137. The van der Waals surface area contributed by atoms with Crippen molar-refractivity contribution in [2.75, 3.05) is 19.6 Å². The Balaban J connectivity index is 1.83. The Labute approximate surface area is 128 Å². The molecular formula is C15H18ClN3O2. The molecule has 2 fully saturated rings. The number of nitrogens with one attached hydrogen (secondary N) is 2. The first-order chi connectivity index (χ1) is 10.2. The maximum Gasteiger partial charge on any atom is 0.245 e. The summed E-state index contributed by atoms with van der Waals surface area (Å²) in [6.07, 6.45) is 1.01. The van der Waals surface area contributed by atoms with E-state index in [0.29, 0.717) is 31.0 Å². The number of nitrogens with zero attached hydrogens (tertiary/aromatic N) is 1. The van der Waals surface area contributed by atoms with Crippen molar-refractivity contribution in [1.29, 1.82) is 0 Å². The predicted octanol–water partition coefficient (Wildman–Crippen LogP) is 1.09. The van der Waals surface area contributed by atoms with Crippen molar-refractivity contribution >= 4 is 23.4 Å². The molecule has 0 saturated carbocycles. The number of benzene rings is 1. The summed E-state index contributed by atoms with van der Waals surface area (Å²) in [5, 5.41) is 6.73. The van der Waals surface area contributed by atoms with Crippen LogP contribution in [0.3, 0.4) is 0 Å². The third-order valence-corrected chi connectivity index (χ3v) is 4.43. The predicted molar refractivity (Wildman–Crippen MR) is 79.9 cm³/mol. The van der Waals surface area contributed by atoms with Gasteiger partial charge in [0.05, 0.1) is 6.04 Å². The van der Waals surface area contributed by atoms with Crippen molar-refractivity contribution < 1.29 is 9.59 Å². The number of hydrogen-bond donors (Lipinski definition) is 2. The van der Waals surface area contributed by atoms with E-state index in [1.165, 1.54) is 0 Å². The highest BCUT2D eigenvalue weighted by molar-refractivity contribution is 6.31. The van der Waals surface area contributed by atoms with Gasteiger partial charge in [0.1, 0.15) is 6.04 Å². The summed E-state index contributed by atoms with van der Waals surface area (Å²) in [5.74, 6) is -0.0509. The van der Waals surface area contributed by atoms with Gasteiger partial charge < -0.3 is 15.5 Å². The maximum absolute atomic E-state index is 12.7. The van der Waals surface area contributed by atoms with E-state index in [-0.39, 0.29) is 23.9 Å².